The van der Waals surface area contributed by atoms with Crippen molar-refractivity contribution < 1.29 is 8.42 Å². The molecule has 0 aliphatic carbocycles. The van der Waals surface area contributed by atoms with E-state index in [2.05, 4.69) is 20.8 Å². The molecule has 1 saturated heterocycles. The molecule has 0 unspecified atom stereocenters. The van der Waals surface area contributed by atoms with Gasteiger partial charge in [0.25, 0.3) is 0 Å². The lowest BCUT2D eigenvalue weighted by atomic mass is 10.1. The van der Waals surface area contributed by atoms with Gasteiger partial charge in [-0.25, -0.2) is 8.42 Å². The molecule has 1 aliphatic rings. The van der Waals surface area contributed by atoms with Crippen molar-refractivity contribution in [3.63, 3.8) is 0 Å². The minimum absolute atomic E-state index is 0.0204. The van der Waals surface area contributed by atoms with Gasteiger partial charge in [0.2, 0.25) is 0 Å². The summed E-state index contributed by atoms with van der Waals surface area (Å²) in [7, 11) is -2.87. The van der Waals surface area contributed by atoms with Gasteiger partial charge in [-0.3, -0.25) is 0 Å². The smallest absolute Gasteiger partial charge is 0.152 e. The predicted molar refractivity (Wildman–Crippen MR) is 82.2 cm³/mol. The Morgan fingerprint density at radius 1 is 1.32 bits per heavy atom. The third-order valence-corrected chi connectivity index (χ3v) is 5.80. The van der Waals surface area contributed by atoms with Gasteiger partial charge >= 0.3 is 0 Å². The summed E-state index contributed by atoms with van der Waals surface area (Å²) in [4.78, 5) is 2.13. The molecular weight excluding hydrogens is 328 g/mol. The molecule has 2 rings (SSSR count). The van der Waals surface area contributed by atoms with Crippen LogP contribution in [0.25, 0.3) is 0 Å². The van der Waals surface area contributed by atoms with Crippen LogP contribution in [0.4, 0.5) is 5.69 Å². The van der Waals surface area contributed by atoms with Crippen molar-refractivity contribution in [3.05, 3.63) is 28.2 Å². The van der Waals surface area contributed by atoms with E-state index in [9.17, 15) is 8.42 Å². The second-order valence-electron chi connectivity index (χ2n) is 4.99. The van der Waals surface area contributed by atoms with E-state index in [4.69, 9.17) is 5.73 Å². The first kappa shape index (κ1) is 14.8. The van der Waals surface area contributed by atoms with Gasteiger partial charge in [0.05, 0.1) is 11.5 Å². The molecule has 0 radical (unpaired) electrons. The molecule has 0 amide bonds. The van der Waals surface area contributed by atoms with Gasteiger partial charge in [-0.15, -0.1) is 0 Å². The van der Waals surface area contributed by atoms with Crippen molar-refractivity contribution in [2.24, 2.45) is 5.73 Å². The van der Waals surface area contributed by atoms with Gasteiger partial charge in [-0.1, -0.05) is 22.0 Å². The number of halogens is 1. The third-order valence-electron chi connectivity index (χ3n) is 3.40. The Bertz CT molecular complexity index is 558. The van der Waals surface area contributed by atoms with E-state index < -0.39 is 9.84 Å². The molecule has 0 bridgehead atoms. The maximum Gasteiger partial charge on any atom is 0.152 e. The summed E-state index contributed by atoms with van der Waals surface area (Å²) >= 11 is 3.53. The van der Waals surface area contributed by atoms with Crippen molar-refractivity contribution in [1.82, 2.24) is 0 Å². The highest BCUT2D eigenvalue weighted by Crippen LogP contribution is 2.28. The van der Waals surface area contributed by atoms with E-state index in [-0.39, 0.29) is 11.8 Å². The highest BCUT2D eigenvalue weighted by Gasteiger charge is 2.19. The maximum absolute atomic E-state index is 11.6. The zero-order valence-electron chi connectivity index (χ0n) is 11.0. The topological polar surface area (TPSA) is 63.4 Å². The predicted octanol–water partition coefficient (Wildman–Crippen LogP) is 2.09. The van der Waals surface area contributed by atoms with Crippen molar-refractivity contribution in [2.75, 3.05) is 29.5 Å². The van der Waals surface area contributed by atoms with Crippen LogP contribution in [0, 0.1) is 0 Å². The van der Waals surface area contributed by atoms with Gasteiger partial charge in [0, 0.05) is 29.3 Å². The van der Waals surface area contributed by atoms with Crippen LogP contribution in [0.3, 0.4) is 0 Å². The van der Waals surface area contributed by atoms with E-state index in [0.29, 0.717) is 18.7 Å². The summed E-state index contributed by atoms with van der Waals surface area (Å²) in [5.74, 6) is 0.530. The summed E-state index contributed by atoms with van der Waals surface area (Å²) in [6.45, 7) is 3.29. The van der Waals surface area contributed by atoms with E-state index in [1.165, 1.54) is 0 Å². The monoisotopic (exact) mass is 346 g/mol. The Hall–Kier alpha value is -0.590. The highest BCUT2D eigenvalue weighted by atomic mass is 79.9. The van der Waals surface area contributed by atoms with Crippen LogP contribution < -0.4 is 10.6 Å². The number of anilines is 1. The Morgan fingerprint density at radius 2 is 2.05 bits per heavy atom. The quantitative estimate of drug-likeness (QED) is 0.890. The van der Waals surface area contributed by atoms with Crippen molar-refractivity contribution in [3.8, 4) is 0 Å². The maximum atomic E-state index is 11.6. The first-order valence-corrected chi connectivity index (χ1v) is 9.01. The summed E-state index contributed by atoms with van der Waals surface area (Å²) in [5, 5.41) is 0. The molecule has 1 aromatic carbocycles. The third kappa shape index (κ3) is 3.70. The Balaban J connectivity index is 2.20. The number of nitrogens with two attached hydrogens (primary N) is 1. The lowest BCUT2D eigenvalue weighted by molar-refractivity contribution is 0.597. The van der Waals surface area contributed by atoms with Gasteiger partial charge < -0.3 is 10.6 Å². The molecule has 1 atom stereocenters. The van der Waals surface area contributed by atoms with Crippen LogP contribution in [-0.4, -0.2) is 33.0 Å². The van der Waals surface area contributed by atoms with Crippen LogP contribution in [0.1, 0.15) is 24.9 Å². The minimum Gasteiger partial charge on any atom is -0.370 e. The molecule has 1 heterocycles. The number of hydrogen-bond donors (Lipinski definition) is 1. The molecule has 19 heavy (non-hydrogen) atoms. The molecule has 0 aromatic heterocycles. The van der Waals surface area contributed by atoms with Gasteiger partial charge in [-0.05, 0) is 31.0 Å². The summed E-state index contributed by atoms with van der Waals surface area (Å²) < 4.78 is 24.2. The van der Waals surface area contributed by atoms with Crippen molar-refractivity contribution in [1.29, 1.82) is 0 Å². The molecule has 106 valence electrons. The van der Waals surface area contributed by atoms with Gasteiger partial charge in [0.15, 0.2) is 9.84 Å². The first-order chi connectivity index (χ1) is 8.89. The number of sulfone groups is 1. The van der Waals surface area contributed by atoms with Gasteiger partial charge in [0.1, 0.15) is 0 Å². The Labute approximate surface area is 123 Å². The van der Waals surface area contributed by atoms with E-state index >= 15 is 0 Å². The summed E-state index contributed by atoms with van der Waals surface area (Å²) in [5.41, 5.74) is 7.99. The largest absolute Gasteiger partial charge is 0.370 e. The number of hydrogen-bond acceptors (Lipinski definition) is 4. The minimum atomic E-state index is -2.87. The molecule has 1 fully saturated rings. The van der Waals surface area contributed by atoms with Crippen LogP contribution in [0.5, 0.6) is 0 Å². The zero-order chi connectivity index (χ0) is 14.0. The fourth-order valence-electron chi connectivity index (χ4n) is 2.28. The molecule has 1 aromatic rings. The average molecular weight is 347 g/mol. The average Bonchev–Trinajstić information content (AvgIpc) is 2.49. The van der Waals surface area contributed by atoms with Crippen molar-refractivity contribution >= 4 is 31.5 Å². The second-order valence-corrected chi connectivity index (χ2v) is 8.14. The van der Waals surface area contributed by atoms with E-state index in [1.807, 2.05) is 25.1 Å². The number of benzene rings is 1. The molecule has 0 saturated carbocycles. The molecule has 1 aliphatic heterocycles. The van der Waals surface area contributed by atoms with E-state index in [0.717, 1.165) is 22.3 Å². The molecule has 4 nitrogen and oxygen atoms in total. The summed E-state index contributed by atoms with van der Waals surface area (Å²) in [6.07, 6.45) is 0.689. The Morgan fingerprint density at radius 3 is 2.68 bits per heavy atom. The molecule has 0 spiro atoms. The fourth-order valence-corrected chi connectivity index (χ4v) is 4.28. The standard InChI is InChI=1S/C13H19BrN2O2S/c1-10(15)12-4-3-11(9-13(12)14)16-5-2-7-19(17,18)8-6-16/h3-4,9-10H,2,5-8,15H2,1H3/t10-/m0/s1. The summed E-state index contributed by atoms with van der Waals surface area (Å²) in [6, 6.07) is 6.02. The van der Waals surface area contributed by atoms with Gasteiger partial charge in [-0.2, -0.15) is 0 Å². The first-order valence-electron chi connectivity index (χ1n) is 6.39. The SMILES string of the molecule is C[C@H](N)c1ccc(N2CCCS(=O)(=O)CC2)cc1Br. The number of rotatable bonds is 2. The van der Waals surface area contributed by atoms with E-state index in [1.54, 1.807) is 0 Å². The van der Waals surface area contributed by atoms with Crippen LogP contribution in [0.2, 0.25) is 0 Å². The fraction of sp³-hybridized carbons (Fsp3) is 0.538. The lowest BCUT2D eigenvalue weighted by Crippen LogP contribution is -2.26. The molecule has 6 heteroatoms. The molecular formula is C13H19BrN2O2S. The Kier molecular flexibility index (Phi) is 4.53. The zero-order valence-corrected chi connectivity index (χ0v) is 13.4. The van der Waals surface area contributed by atoms with Crippen LogP contribution in [0.15, 0.2) is 22.7 Å². The van der Waals surface area contributed by atoms with Crippen LogP contribution in [-0.2, 0) is 9.84 Å². The highest BCUT2D eigenvalue weighted by molar-refractivity contribution is 9.10. The second kappa shape index (κ2) is 5.81. The van der Waals surface area contributed by atoms with Crippen molar-refractivity contribution in [2.45, 2.75) is 19.4 Å². The normalized spacial score (nSPS) is 20.9. The van der Waals surface area contributed by atoms with Crippen LogP contribution >= 0.6 is 15.9 Å². The molecule has 2 N–H and O–H groups in total. The number of nitrogens with zero attached hydrogens (tertiary/aromatic N) is 1. The lowest BCUT2D eigenvalue weighted by Gasteiger charge is -2.23.